The second-order valence-electron chi connectivity index (χ2n) is 6.60. The molecule has 2 fully saturated rings. The van der Waals surface area contributed by atoms with E-state index in [1.54, 1.807) is 4.90 Å². The molecule has 1 aromatic carbocycles. The van der Waals surface area contributed by atoms with E-state index < -0.39 is 10.0 Å². The number of likely N-dealkylation sites (tertiary alicyclic amines) is 1. The zero-order chi connectivity index (χ0) is 18.7. The van der Waals surface area contributed by atoms with Gasteiger partial charge in [-0.05, 0) is 37.1 Å². The first-order valence-electron chi connectivity index (χ1n) is 8.65. The van der Waals surface area contributed by atoms with Crippen LogP contribution in [0.4, 0.5) is 0 Å². The van der Waals surface area contributed by atoms with Gasteiger partial charge in [-0.3, -0.25) is 9.59 Å². The second-order valence-corrected chi connectivity index (χ2v) is 8.16. The maximum absolute atomic E-state index is 12.7. The first kappa shape index (κ1) is 18.8. The summed E-state index contributed by atoms with van der Waals surface area (Å²) >= 11 is 0. The van der Waals surface area contributed by atoms with Crippen molar-refractivity contribution in [1.29, 1.82) is 0 Å². The Morgan fingerprint density at radius 3 is 2.31 bits per heavy atom. The smallest absolute Gasteiger partial charge is 0.253 e. The summed E-state index contributed by atoms with van der Waals surface area (Å²) in [6.45, 7) is 3.26. The van der Waals surface area contributed by atoms with Gasteiger partial charge in [-0.2, -0.15) is 0 Å². The third-order valence-corrected chi connectivity index (χ3v) is 5.74. The Hall–Kier alpha value is -1.97. The van der Waals surface area contributed by atoms with Gasteiger partial charge in [0.05, 0.1) is 24.0 Å². The minimum Gasteiger partial charge on any atom is -0.378 e. The molecule has 2 aliphatic heterocycles. The Labute approximate surface area is 152 Å². The Kier molecular flexibility index (Phi) is 5.59. The number of sulfonamides is 1. The standard InChI is InChI=1S/C17H23N3O5S/c18-26(23,24)15-5-3-13(4-6-15)16(21)20-7-1-2-14(12-20)17(22)19-8-10-25-11-9-19/h3-6,14H,1-2,7-12H2,(H2,18,23,24). The quantitative estimate of drug-likeness (QED) is 0.795. The number of primary sulfonamides is 1. The highest BCUT2D eigenvalue weighted by Crippen LogP contribution is 2.21. The molecule has 0 bridgehead atoms. The number of amides is 2. The van der Waals surface area contributed by atoms with Gasteiger partial charge in [0.25, 0.3) is 5.91 Å². The average molecular weight is 381 g/mol. The lowest BCUT2D eigenvalue weighted by Gasteiger charge is -2.36. The van der Waals surface area contributed by atoms with E-state index in [4.69, 9.17) is 9.88 Å². The van der Waals surface area contributed by atoms with Crippen LogP contribution in [-0.2, 0) is 19.6 Å². The topological polar surface area (TPSA) is 110 Å². The van der Waals surface area contributed by atoms with Gasteiger partial charge in [-0.25, -0.2) is 13.6 Å². The van der Waals surface area contributed by atoms with Crippen LogP contribution in [0.5, 0.6) is 0 Å². The van der Waals surface area contributed by atoms with Crippen molar-refractivity contribution in [2.75, 3.05) is 39.4 Å². The number of nitrogens with two attached hydrogens (primary N) is 1. The van der Waals surface area contributed by atoms with Crippen LogP contribution in [0.25, 0.3) is 0 Å². The molecule has 2 heterocycles. The first-order chi connectivity index (χ1) is 12.4. The molecule has 142 valence electrons. The van der Waals surface area contributed by atoms with Crippen molar-refractivity contribution in [2.45, 2.75) is 17.7 Å². The number of hydrogen-bond acceptors (Lipinski definition) is 5. The molecule has 0 aromatic heterocycles. The lowest BCUT2D eigenvalue weighted by Crippen LogP contribution is -2.49. The minimum absolute atomic E-state index is 0.0342. The summed E-state index contributed by atoms with van der Waals surface area (Å²) in [6.07, 6.45) is 1.53. The summed E-state index contributed by atoms with van der Waals surface area (Å²) in [5.74, 6) is -0.324. The third kappa shape index (κ3) is 4.22. The molecule has 2 N–H and O–H groups in total. The number of rotatable bonds is 3. The molecule has 1 aromatic rings. The molecule has 3 rings (SSSR count). The van der Waals surface area contributed by atoms with Gasteiger partial charge < -0.3 is 14.5 Å². The minimum atomic E-state index is -3.79. The van der Waals surface area contributed by atoms with Crippen LogP contribution in [-0.4, -0.2) is 69.4 Å². The molecule has 2 aliphatic rings. The number of piperidine rings is 1. The molecular weight excluding hydrogens is 358 g/mol. The lowest BCUT2D eigenvalue weighted by atomic mass is 9.95. The maximum Gasteiger partial charge on any atom is 0.253 e. The molecule has 2 amide bonds. The fraction of sp³-hybridized carbons (Fsp3) is 0.529. The normalized spacial score (nSPS) is 21.5. The van der Waals surface area contributed by atoms with E-state index in [1.165, 1.54) is 24.3 Å². The molecular formula is C17H23N3O5S. The van der Waals surface area contributed by atoms with Gasteiger partial charge >= 0.3 is 0 Å². The highest BCUT2D eigenvalue weighted by atomic mass is 32.2. The Morgan fingerprint density at radius 2 is 1.69 bits per heavy atom. The number of ether oxygens (including phenoxy) is 1. The van der Waals surface area contributed by atoms with Crippen molar-refractivity contribution in [3.05, 3.63) is 29.8 Å². The van der Waals surface area contributed by atoms with Crippen LogP contribution in [0.1, 0.15) is 23.2 Å². The number of morpholine rings is 1. The molecule has 0 radical (unpaired) electrons. The summed E-state index contributed by atoms with van der Waals surface area (Å²) < 4.78 is 27.9. The number of nitrogens with zero attached hydrogens (tertiary/aromatic N) is 2. The molecule has 0 saturated carbocycles. The van der Waals surface area contributed by atoms with E-state index in [9.17, 15) is 18.0 Å². The lowest BCUT2D eigenvalue weighted by molar-refractivity contribution is -0.141. The Bertz CT molecular complexity index is 772. The zero-order valence-corrected chi connectivity index (χ0v) is 15.3. The predicted molar refractivity (Wildman–Crippen MR) is 93.8 cm³/mol. The van der Waals surface area contributed by atoms with E-state index in [2.05, 4.69) is 0 Å². The first-order valence-corrected chi connectivity index (χ1v) is 10.2. The number of benzene rings is 1. The largest absolute Gasteiger partial charge is 0.378 e. The van der Waals surface area contributed by atoms with Gasteiger partial charge in [-0.15, -0.1) is 0 Å². The van der Waals surface area contributed by atoms with Crippen molar-refractivity contribution in [1.82, 2.24) is 9.80 Å². The maximum atomic E-state index is 12.7. The third-order valence-electron chi connectivity index (χ3n) is 4.81. The number of hydrogen-bond donors (Lipinski definition) is 1. The highest BCUT2D eigenvalue weighted by Gasteiger charge is 2.32. The van der Waals surface area contributed by atoms with Crippen molar-refractivity contribution in [3.63, 3.8) is 0 Å². The average Bonchev–Trinajstić information content (AvgIpc) is 2.67. The van der Waals surface area contributed by atoms with Crippen LogP contribution in [0, 0.1) is 5.92 Å². The summed E-state index contributed by atoms with van der Waals surface area (Å²) in [5.41, 5.74) is 0.386. The molecule has 2 saturated heterocycles. The fourth-order valence-corrected chi connectivity index (χ4v) is 3.89. The monoisotopic (exact) mass is 381 g/mol. The molecule has 0 spiro atoms. The van der Waals surface area contributed by atoms with Crippen LogP contribution in [0.2, 0.25) is 0 Å². The SMILES string of the molecule is NS(=O)(=O)c1ccc(C(=O)N2CCCC(C(=O)N3CCOCC3)C2)cc1. The second kappa shape index (κ2) is 7.73. The fourth-order valence-electron chi connectivity index (χ4n) is 3.37. The van der Waals surface area contributed by atoms with Crippen molar-refractivity contribution < 1.29 is 22.7 Å². The van der Waals surface area contributed by atoms with Crippen molar-refractivity contribution in [2.24, 2.45) is 11.1 Å². The summed E-state index contributed by atoms with van der Waals surface area (Å²) in [7, 11) is -3.79. The van der Waals surface area contributed by atoms with Crippen LogP contribution in [0.3, 0.4) is 0 Å². The summed E-state index contributed by atoms with van der Waals surface area (Å²) in [4.78, 5) is 28.8. The van der Waals surface area contributed by atoms with Gasteiger partial charge in [0.2, 0.25) is 15.9 Å². The van der Waals surface area contributed by atoms with E-state index in [0.717, 1.165) is 12.8 Å². The van der Waals surface area contributed by atoms with Crippen LogP contribution >= 0.6 is 0 Å². The zero-order valence-electron chi connectivity index (χ0n) is 14.5. The Balaban J connectivity index is 1.66. The van der Waals surface area contributed by atoms with Crippen LogP contribution < -0.4 is 5.14 Å². The molecule has 1 unspecified atom stereocenters. The summed E-state index contributed by atoms with van der Waals surface area (Å²) in [6, 6.07) is 5.55. The molecule has 9 heteroatoms. The Morgan fingerprint density at radius 1 is 1.04 bits per heavy atom. The highest BCUT2D eigenvalue weighted by molar-refractivity contribution is 7.89. The van der Waals surface area contributed by atoms with Gasteiger partial charge in [0, 0.05) is 31.7 Å². The van der Waals surface area contributed by atoms with Gasteiger partial charge in [0.15, 0.2) is 0 Å². The van der Waals surface area contributed by atoms with Crippen LogP contribution in [0.15, 0.2) is 29.2 Å². The van der Waals surface area contributed by atoms with Gasteiger partial charge in [0.1, 0.15) is 0 Å². The molecule has 1 atom stereocenters. The molecule has 26 heavy (non-hydrogen) atoms. The predicted octanol–water partition coefficient (Wildman–Crippen LogP) is 0.0450. The van der Waals surface area contributed by atoms with Crippen molar-refractivity contribution >= 4 is 21.8 Å². The number of carbonyl (C=O) groups is 2. The van der Waals surface area contributed by atoms with E-state index in [1.807, 2.05) is 4.90 Å². The van der Waals surface area contributed by atoms with E-state index in [0.29, 0.717) is 45.0 Å². The summed E-state index contributed by atoms with van der Waals surface area (Å²) in [5, 5.41) is 5.07. The molecule has 8 nitrogen and oxygen atoms in total. The van der Waals surface area contributed by atoms with Gasteiger partial charge in [-0.1, -0.05) is 0 Å². The van der Waals surface area contributed by atoms with E-state index in [-0.39, 0.29) is 22.6 Å². The van der Waals surface area contributed by atoms with E-state index >= 15 is 0 Å². The van der Waals surface area contributed by atoms with Crippen molar-refractivity contribution in [3.8, 4) is 0 Å². The molecule has 0 aliphatic carbocycles. The number of carbonyl (C=O) groups excluding carboxylic acids is 2.